The highest BCUT2D eigenvalue weighted by molar-refractivity contribution is 5.79. The summed E-state index contributed by atoms with van der Waals surface area (Å²) in [4.78, 5) is 22.4. The van der Waals surface area contributed by atoms with Gasteiger partial charge >= 0.3 is 5.69 Å². The van der Waals surface area contributed by atoms with Crippen molar-refractivity contribution in [2.24, 2.45) is 0 Å². The molecule has 0 fully saturated rings. The van der Waals surface area contributed by atoms with Crippen LogP contribution in [-0.4, -0.2) is 36.9 Å². The first kappa shape index (κ1) is 15.7. The molecule has 0 radical (unpaired) electrons. The maximum atomic E-state index is 12.1. The number of nitro groups is 1. The van der Waals surface area contributed by atoms with E-state index in [-0.39, 0.29) is 11.6 Å². The van der Waals surface area contributed by atoms with Crippen LogP contribution in [0.1, 0.15) is 25.1 Å². The van der Waals surface area contributed by atoms with Crippen LogP contribution in [-0.2, 0) is 11.3 Å². The number of hydrogen-bond donors (Lipinski definition) is 1. The summed E-state index contributed by atoms with van der Waals surface area (Å²) in [6.07, 6.45) is 5.47. The Morgan fingerprint density at radius 3 is 2.86 bits per heavy atom. The van der Waals surface area contributed by atoms with Crippen LogP contribution in [0.3, 0.4) is 0 Å². The molecule has 0 bridgehead atoms. The number of hydrogen-bond acceptors (Lipinski definition) is 5. The Morgan fingerprint density at radius 1 is 1.50 bits per heavy atom. The van der Waals surface area contributed by atoms with Crippen LogP contribution in [0.2, 0.25) is 0 Å². The summed E-state index contributed by atoms with van der Waals surface area (Å²) in [5.74, 6) is -0.221. The molecule has 1 atom stereocenters. The molecule has 1 amide bonds. The standard InChI is InChI=1S/C13H18N6O3/c1-10-12(19(21)22)9-16-18(10)11(2)13(20)14-5-3-7-17-8-4-6-15-17/h4,6,8-9,11H,3,5,7H2,1-2H3,(H,14,20). The minimum absolute atomic E-state index is 0.0849. The Hall–Kier alpha value is -2.71. The smallest absolute Gasteiger partial charge is 0.309 e. The molecule has 0 aliphatic rings. The molecule has 9 nitrogen and oxygen atoms in total. The monoisotopic (exact) mass is 306 g/mol. The molecule has 2 aromatic heterocycles. The third-order valence-electron chi connectivity index (χ3n) is 3.38. The van der Waals surface area contributed by atoms with Crippen LogP contribution in [0.4, 0.5) is 5.69 Å². The molecule has 2 rings (SSSR count). The summed E-state index contributed by atoms with van der Waals surface area (Å²) in [5, 5.41) is 21.6. The summed E-state index contributed by atoms with van der Waals surface area (Å²) in [6, 6.07) is 1.24. The predicted octanol–water partition coefficient (Wildman–Crippen LogP) is 1.06. The lowest BCUT2D eigenvalue weighted by Gasteiger charge is -2.14. The molecule has 2 heterocycles. The van der Waals surface area contributed by atoms with E-state index in [0.29, 0.717) is 18.8 Å². The van der Waals surface area contributed by atoms with Gasteiger partial charge in [-0.1, -0.05) is 0 Å². The Balaban J connectivity index is 1.85. The lowest BCUT2D eigenvalue weighted by atomic mass is 10.3. The third kappa shape index (κ3) is 3.48. The quantitative estimate of drug-likeness (QED) is 0.467. The molecule has 118 valence electrons. The topological polar surface area (TPSA) is 108 Å². The number of aromatic nitrogens is 4. The van der Waals surface area contributed by atoms with Gasteiger partial charge in [0.15, 0.2) is 0 Å². The van der Waals surface area contributed by atoms with Crippen LogP contribution < -0.4 is 5.32 Å². The Kier molecular flexibility index (Phi) is 4.87. The van der Waals surface area contributed by atoms with Gasteiger partial charge in [-0.15, -0.1) is 0 Å². The molecule has 22 heavy (non-hydrogen) atoms. The maximum Gasteiger partial charge on any atom is 0.309 e. The van der Waals surface area contributed by atoms with Crippen LogP contribution in [0.25, 0.3) is 0 Å². The van der Waals surface area contributed by atoms with Gasteiger partial charge in [0, 0.05) is 25.5 Å². The molecule has 0 spiro atoms. The van der Waals surface area contributed by atoms with Crippen molar-refractivity contribution in [3.63, 3.8) is 0 Å². The molecule has 0 aliphatic carbocycles. The van der Waals surface area contributed by atoms with Crippen molar-refractivity contribution in [3.8, 4) is 0 Å². The van der Waals surface area contributed by atoms with Crippen molar-refractivity contribution in [1.29, 1.82) is 0 Å². The van der Waals surface area contributed by atoms with Crippen LogP contribution in [0.5, 0.6) is 0 Å². The molecule has 1 N–H and O–H groups in total. The molecule has 0 aromatic carbocycles. The summed E-state index contributed by atoms with van der Waals surface area (Å²) >= 11 is 0. The molecule has 0 aliphatic heterocycles. The fourth-order valence-electron chi connectivity index (χ4n) is 2.13. The Labute approximate surface area is 127 Å². The second-order valence-electron chi connectivity index (χ2n) is 4.91. The van der Waals surface area contributed by atoms with E-state index in [4.69, 9.17) is 0 Å². The maximum absolute atomic E-state index is 12.1. The number of rotatable bonds is 7. The number of carbonyl (C=O) groups is 1. The molecular weight excluding hydrogens is 288 g/mol. The van der Waals surface area contributed by atoms with E-state index >= 15 is 0 Å². The fraction of sp³-hybridized carbons (Fsp3) is 0.462. The van der Waals surface area contributed by atoms with Crippen LogP contribution in [0, 0.1) is 17.0 Å². The number of aryl methyl sites for hydroxylation is 1. The van der Waals surface area contributed by atoms with Gasteiger partial charge in [0.25, 0.3) is 0 Å². The molecule has 0 saturated heterocycles. The number of nitrogens with one attached hydrogen (secondary N) is 1. The van der Waals surface area contributed by atoms with Gasteiger partial charge in [-0.2, -0.15) is 10.2 Å². The zero-order valence-corrected chi connectivity index (χ0v) is 12.5. The second-order valence-corrected chi connectivity index (χ2v) is 4.91. The van der Waals surface area contributed by atoms with Crippen molar-refractivity contribution in [2.45, 2.75) is 32.9 Å². The van der Waals surface area contributed by atoms with Gasteiger partial charge in [0.1, 0.15) is 17.9 Å². The zero-order chi connectivity index (χ0) is 16.1. The largest absolute Gasteiger partial charge is 0.354 e. The Bertz CT molecular complexity index is 649. The van der Waals surface area contributed by atoms with Gasteiger partial charge in [0.05, 0.1) is 4.92 Å². The summed E-state index contributed by atoms with van der Waals surface area (Å²) < 4.78 is 3.15. The van der Waals surface area contributed by atoms with Crippen molar-refractivity contribution < 1.29 is 9.72 Å². The van der Waals surface area contributed by atoms with E-state index in [1.54, 1.807) is 24.7 Å². The first-order valence-electron chi connectivity index (χ1n) is 6.94. The van der Waals surface area contributed by atoms with Crippen molar-refractivity contribution in [1.82, 2.24) is 24.9 Å². The highest BCUT2D eigenvalue weighted by Crippen LogP contribution is 2.19. The molecule has 9 heteroatoms. The van der Waals surface area contributed by atoms with Crippen molar-refractivity contribution in [3.05, 3.63) is 40.5 Å². The summed E-state index contributed by atoms with van der Waals surface area (Å²) in [6.45, 7) is 4.46. The average molecular weight is 306 g/mol. The molecule has 1 unspecified atom stereocenters. The number of amides is 1. The first-order valence-corrected chi connectivity index (χ1v) is 6.94. The van der Waals surface area contributed by atoms with E-state index in [1.165, 1.54) is 4.68 Å². The van der Waals surface area contributed by atoms with E-state index in [9.17, 15) is 14.9 Å². The van der Waals surface area contributed by atoms with Crippen molar-refractivity contribution >= 4 is 11.6 Å². The number of carbonyl (C=O) groups excluding carboxylic acids is 1. The highest BCUT2D eigenvalue weighted by Gasteiger charge is 2.23. The van der Waals surface area contributed by atoms with Gasteiger partial charge in [0.2, 0.25) is 5.91 Å². The SMILES string of the molecule is Cc1c([N+](=O)[O-])cnn1C(C)C(=O)NCCCn1cccn1. The van der Waals surface area contributed by atoms with E-state index in [1.807, 2.05) is 12.3 Å². The van der Waals surface area contributed by atoms with Gasteiger partial charge in [-0.05, 0) is 26.3 Å². The second kappa shape index (κ2) is 6.83. The lowest BCUT2D eigenvalue weighted by Crippen LogP contribution is -2.33. The fourth-order valence-corrected chi connectivity index (χ4v) is 2.13. The van der Waals surface area contributed by atoms with Gasteiger partial charge in [-0.3, -0.25) is 24.3 Å². The predicted molar refractivity (Wildman–Crippen MR) is 78.2 cm³/mol. The van der Waals surface area contributed by atoms with Crippen LogP contribution >= 0.6 is 0 Å². The Morgan fingerprint density at radius 2 is 2.27 bits per heavy atom. The van der Waals surface area contributed by atoms with Crippen molar-refractivity contribution in [2.75, 3.05) is 6.54 Å². The third-order valence-corrected chi connectivity index (χ3v) is 3.38. The normalized spacial score (nSPS) is 12.1. The van der Waals surface area contributed by atoms with E-state index < -0.39 is 11.0 Å². The number of nitrogens with zero attached hydrogens (tertiary/aromatic N) is 5. The van der Waals surface area contributed by atoms with E-state index in [0.717, 1.165) is 12.6 Å². The van der Waals surface area contributed by atoms with Gasteiger partial charge in [-0.25, -0.2) is 0 Å². The lowest BCUT2D eigenvalue weighted by molar-refractivity contribution is -0.385. The van der Waals surface area contributed by atoms with Crippen LogP contribution in [0.15, 0.2) is 24.7 Å². The first-order chi connectivity index (χ1) is 10.5. The minimum atomic E-state index is -0.599. The highest BCUT2D eigenvalue weighted by atomic mass is 16.6. The molecule has 2 aromatic rings. The van der Waals surface area contributed by atoms with E-state index in [2.05, 4.69) is 15.5 Å². The summed E-state index contributed by atoms with van der Waals surface area (Å²) in [5.41, 5.74) is 0.280. The molecule has 0 saturated carbocycles. The molecular formula is C13H18N6O3. The zero-order valence-electron chi connectivity index (χ0n) is 12.5. The van der Waals surface area contributed by atoms with Gasteiger partial charge < -0.3 is 5.32 Å². The summed E-state index contributed by atoms with van der Waals surface area (Å²) in [7, 11) is 0. The minimum Gasteiger partial charge on any atom is -0.354 e. The average Bonchev–Trinajstić information content (AvgIpc) is 3.11.